The predicted molar refractivity (Wildman–Crippen MR) is 88.4 cm³/mol. The van der Waals surface area contributed by atoms with Crippen molar-refractivity contribution in [3.8, 4) is 0 Å². The lowest BCUT2D eigenvalue weighted by atomic mass is 10.2. The van der Waals surface area contributed by atoms with Crippen molar-refractivity contribution in [1.82, 2.24) is 24.9 Å². The van der Waals surface area contributed by atoms with Gasteiger partial charge in [0.15, 0.2) is 0 Å². The van der Waals surface area contributed by atoms with Crippen LogP contribution in [0, 0.1) is 0 Å². The van der Waals surface area contributed by atoms with E-state index in [1.807, 2.05) is 0 Å². The van der Waals surface area contributed by atoms with Crippen molar-refractivity contribution in [2.24, 2.45) is 0 Å². The number of nitrogens with one attached hydrogen (secondary N) is 1. The lowest BCUT2D eigenvalue weighted by Crippen LogP contribution is -2.50. The molecule has 1 N–H and O–H groups in total. The molecular weight excluding hydrogens is 326 g/mol. The van der Waals surface area contributed by atoms with E-state index in [1.54, 1.807) is 4.90 Å². The van der Waals surface area contributed by atoms with Gasteiger partial charge in [0.25, 0.3) is 0 Å². The Morgan fingerprint density at radius 3 is 2.48 bits per heavy atom. The van der Waals surface area contributed by atoms with Crippen molar-refractivity contribution in [2.45, 2.75) is 12.5 Å². The van der Waals surface area contributed by atoms with Crippen LogP contribution in [0.25, 0.3) is 0 Å². The van der Waals surface area contributed by atoms with Crippen LogP contribution in [0.2, 0.25) is 0 Å². The van der Waals surface area contributed by atoms with E-state index >= 15 is 0 Å². The molecule has 1 atom stereocenters. The summed E-state index contributed by atoms with van der Waals surface area (Å²) in [6, 6.07) is -0.434. The Morgan fingerprint density at radius 1 is 1.12 bits per heavy atom. The highest BCUT2D eigenvalue weighted by molar-refractivity contribution is 6.45. The maximum Gasteiger partial charge on any atom is 0.335 e. The van der Waals surface area contributed by atoms with Crippen molar-refractivity contribution in [1.29, 1.82) is 0 Å². The normalized spacial score (nSPS) is 25.2. The number of imide groups is 2. The van der Waals surface area contributed by atoms with E-state index in [1.165, 1.54) is 6.08 Å². The molecule has 3 rings (SSSR count). The fraction of sp³-hybridized carbons (Fsp3) is 0.625. The topological polar surface area (TPSA) is 93.3 Å². The second-order valence-corrected chi connectivity index (χ2v) is 6.45. The van der Waals surface area contributed by atoms with Crippen LogP contribution >= 0.6 is 0 Å². The molecule has 5 amide bonds. The third-order valence-electron chi connectivity index (χ3n) is 4.92. The monoisotopic (exact) mass is 349 g/mol. The second kappa shape index (κ2) is 7.32. The summed E-state index contributed by atoms with van der Waals surface area (Å²) in [6.45, 7) is 8.05. The van der Waals surface area contributed by atoms with Gasteiger partial charge in [0, 0.05) is 51.9 Å². The Bertz CT molecular complexity index is 601. The molecule has 25 heavy (non-hydrogen) atoms. The van der Waals surface area contributed by atoms with Crippen molar-refractivity contribution >= 4 is 23.8 Å². The molecule has 0 aromatic rings. The van der Waals surface area contributed by atoms with Crippen LogP contribution in [-0.2, 0) is 14.4 Å². The summed E-state index contributed by atoms with van der Waals surface area (Å²) in [7, 11) is 0. The number of nitrogens with zero attached hydrogens (tertiary/aromatic N) is 4. The fourth-order valence-corrected chi connectivity index (χ4v) is 3.53. The SMILES string of the molecule is C=CCN1C(=O)C(=O)N(CC(=O)N2CCC(N3CCNCC3)C2)C1=O. The highest BCUT2D eigenvalue weighted by Crippen LogP contribution is 2.18. The molecule has 0 saturated carbocycles. The third-order valence-corrected chi connectivity index (χ3v) is 4.92. The number of carbonyl (C=O) groups is 4. The zero-order valence-corrected chi connectivity index (χ0v) is 14.1. The largest absolute Gasteiger partial charge is 0.340 e. The number of likely N-dealkylation sites (tertiary alicyclic amines) is 1. The zero-order chi connectivity index (χ0) is 18.0. The summed E-state index contributed by atoms with van der Waals surface area (Å²) in [6.07, 6.45) is 2.25. The first-order valence-corrected chi connectivity index (χ1v) is 8.53. The first-order chi connectivity index (χ1) is 12.0. The standard InChI is InChI=1S/C16H23N5O4/c1-2-6-20-14(23)15(24)21(16(20)25)11-13(22)19-7-3-12(10-19)18-8-4-17-5-9-18/h2,12,17H,1,3-11H2. The van der Waals surface area contributed by atoms with Gasteiger partial charge in [-0.1, -0.05) is 6.08 Å². The van der Waals surface area contributed by atoms with Crippen LogP contribution in [0.1, 0.15) is 6.42 Å². The van der Waals surface area contributed by atoms with Crippen LogP contribution in [0.4, 0.5) is 4.79 Å². The summed E-state index contributed by atoms with van der Waals surface area (Å²) < 4.78 is 0. The molecule has 3 heterocycles. The quantitative estimate of drug-likeness (QED) is 0.368. The summed E-state index contributed by atoms with van der Waals surface area (Å²) >= 11 is 0. The molecule has 9 nitrogen and oxygen atoms in total. The van der Waals surface area contributed by atoms with Crippen LogP contribution in [0.3, 0.4) is 0 Å². The summed E-state index contributed by atoms with van der Waals surface area (Å²) in [4.78, 5) is 54.0. The van der Waals surface area contributed by atoms with Gasteiger partial charge in [0.2, 0.25) is 5.91 Å². The van der Waals surface area contributed by atoms with E-state index in [-0.39, 0.29) is 19.0 Å². The van der Waals surface area contributed by atoms with E-state index in [4.69, 9.17) is 0 Å². The molecule has 0 aromatic carbocycles. The number of urea groups is 1. The van der Waals surface area contributed by atoms with Crippen molar-refractivity contribution in [3.63, 3.8) is 0 Å². The molecule has 1 unspecified atom stereocenters. The van der Waals surface area contributed by atoms with E-state index in [0.29, 0.717) is 19.1 Å². The van der Waals surface area contributed by atoms with Gasteiger partial charge < -0.3 is 10.2 Å². The van der Waals surface area contributed by atoms with Crippen molar-refractivity contribution in [2.75, 3.05) is 52.4 Å². The van der Waals surface area contributed by atoms with Crippen LogP contribution in [0.15, 0.2) is 12.7 Å². The Labute approximate surface area is 146 Å². The van der Waals surface area contributed by atoms with Gasteiger partial charge in [-0.3, -0.25) is 24.2 Å². The molecule has 3 aliphatic rings. The van der Waals surface area contributed by atoms with Gasteiger partial charge in [-0.2, -0.15) is 0 Å². The molecule has 3 aliphatic heterocycles. The van der Waals surface area contributed by atoms with Gasteiger partial charge >= 0.3 is 17.8 Å². The summed E-state index contributed by atoms with van der Waals surface area (Å²) in [5, 5.41) is 3.30. The van der Waals surface area contributed by atoms with Crippen LogP contribution in [0.5, 0.6) is 0 Å². The van der Waals surface area contributed by atoms with Crippen LogP contribution in [-0.4, -0.2) is 102 Å². The maximum absolute atomic E-state index is 12.5. The maximum atomic E-state index is 12.5. The average molecular weight is 349 g/mol. The highest BCUT2D eigenvalue weighted by atomic mass is 16.2. The Kier molecular flexibility index (Phi) is 5.14. The predicted octanol–water partition coefficient (Wildman–Crippen LogP) is -1.53. The lowest BCUT2D eigenvalue weighted by molar-refractivity contribution is -0.144. The first-order valence-electron chi connectivity index (χ1n) is 8.53. The molecule has 0 spiro atoms. The van der Waals surface area contributed by atoms with Crippen LogP contribution < -0.4 is 5.32 Å². The average Bonchev–Trinajstić information content (AvgIpc) is 3.19. The second-order valence-electron chi connectivity index (χ2n) is 6.45. The Balaban J connectivity index is 1.57. The molecule has 9 heteroatoms. The minimum Gasteiger partial charge on any atom is -0.340 e. The van der Waals surface area contributed by atoms with E-state index in [0.717, 1.165) is 42.4 Å². The van der Waals surface area contributed by atoms with Gasteiger partial charge in [0.05, 0.1) is 0 Å². The molecule has 0 aliphatic carbocycles. The number of piperazine rings is 1. The lowest BCUT2D eigenvalue weighted by Gasteiger charge is -2.32. The Hall–Kier alpha value is -2.26. The summed E-state index contributed by atoms with van der Waals surface area (Å²) in [5.74, 6) is -2.15. The van der Waals surface area contributed by atoms with Crippen molar-refractivity contribution in [3.05, 3.63) is 12.7 Å². The molecule has 0 bridgehead atoms. The minimum atomic E-state index is -0.946. The molecule has 0 aromatic heterocycles. The first kappa shape index (κ1) is 17.6. The molecule has 136 valence electrons. The molecule has 3 saturated heterocycles. The molecular formula is C16H23N5O4. The Morgan fingerprint density at radius 2 is 1.80 bits per heavy atom. The van der Waals surface area contributed by atoms with Crippen molar-refractivity contribution < 1.29 is 19.2 Å². The van der Waals surface area contributed by atoms with E-state index in [9.17, 15) is 19.2 Å². The molecule has 0 radical (unpaired) electrons. The third kappa shape index (κ3) is 3.42. The summed E-state index contributed by atoms with van der Waals surface area (Å²) in [5.41, 5.74) is 0. The fourth-order valence-electron chi connectivity index (χ4n) is 3.53. The van der Waals surface area contributed by atoms with E-state index < -0.39 is 17.8 Å². The highest BCUT2D eigenvalue weighted by Gasteiger charge is 2.45. The smallest absolute Gasteiger partial charge is 0.335 e. The van der Waals surface area contributed by atoms with E-state index in [2.05, 4.69) is 16.8 Å². The number of rotatable bonds is 5. The van der Waals surface area contributed by atoms with Gasteiger partial charge in [-0.15, -0.1) is 6.58 Å². The minimum absolute atomic E-state index is 0.0388. The molecule has 3 fully saturated rings. The van der Waals surface area contributed by atoms with Gasteiger partial charge in [0.1, 0.15) is 6.54 Å². The number of hydrogen-bond donors (Lipinski definition) is 1. The van der Waals surface area contributed by atoms with Gasteiger partial charge in [-0.05, 0) is 6.42 Å². The van der Waals surface area contributed by atoms with Gasteiger partial charge in [-0.25, -0.2) is 9.69 Å². The number of amides is 5. The number of carbonyl (C=O) groups excluding carboxylic acids is 4. The zero-order valence-electron chi connectivity index (χ0n) is 14.1. The number of hydrogen-bond acceptors (Lipinski definition) is 6.